The average Bonchev–Trinajstić information content (AvgIpc) is 2.58. The topological polar surface area (TPSA) is 34.1 Å². The van der Waals surface area contributed by atoms with Crippen LogP contribution in [0.3, 0.4) is 0 Å². The van der Waals surface area contributed by atoms with Crippen LogP contribution in [0.2, 0.25) is 0 Å². The van der Waals surface area contributed by atoms with Crippen LogP contribution in [0.1, 0.15) is 65.2 Å². The Balaban J connectivity index is 5.65. The minimum absolute atomic E-state index is 0.165. The van der Waals surface area contributed by atoms with E-state index in [1.54, 1.807) is 0 Å². The molecule has 33 heavy (non-hydrogen) atoms. The van der Waals surface area contributed by atoms with E-state index < -0.39 is 81.0 Å². The molecule has 0 aliphatic rings. The number of rotatable bonds is 14. The number of sulfone groups is 1. The molecule has 15 heteroatoms. The van der Waals surface area contributed by atoms with Crippen molar-refractivity contribution in [2.75, 3.05) is 0 Å². The van der Waals surface area contributed by atoms with Crippen LogP contribution in [-0.2, 0) is 9.84 Å². The molecule has 0 saturated heterocycles. The Labute approximate surface area is 196 Å². The van der Waals surface area contributed by atoms with Crippen molar-refractivity contribution in [3.63, 3.8) is 0 Å². The van der Waals surface area contributed by atoms with E-state index in [1.165, 1.54) is 13.8 Å². The maximum Gasteiger partial charge on any atom is 0.453 e. The molecule has 0 radical (unpaired) electrons. The van der Waals surface area contributed by atoms with Crippen molar-refractivity contribution in [1.82, 2.24) is 0 Å². The van der Waals surface area contributed by atoms with E-state index in [4.69, 9.17) is 23.2 Å². The molecule has 0 amide bonds. The summed E-state index contributed by atoms with van der Waals surface area (Å²) in [6.07, 6.45) is -17.1. The lowest BCUT2D eigenvalue weighted by molar-refractivity contribution is -0.284. The standard InChI is InChI=1S/C18H26Cl2F10O2S/c1-3-5-13(7-11(19)9-15(21,22)17(25,26)27)33(31,32)14(6-4-2)8-12(20)10-16(23,24)18(28,29)30/h11-14H,3-10H2,1-2H3. The summed E-state index contributed by atoms with van der Waals surface area (Å²) in [5.74, 6) is -10.3. The van der Waals surface area contributed by atoms with Gasteiger partial charge in [-0.25, -0.2) is 8.42 Å². The highest BCUT2D eigenvalue weighted by Gasteiger charge is 2.59. The van der Waals surface area contributed by atoms with Crippen LogP contribution >= 0.6 is 23.2 Å². The summed E-state index contributed by atoms with van der Waals surface area (Å²) in [6, 6.07) is 0. The first-order valence-electron chi connectivity index (χ1n) is 10.0. The average molecular weight is 567 g/mol. The maximum absolute atomic E-state index is 13.3. The lowest BCUT2D eigenvalue weighted by atomic mass is 10.1. The lowest BCUT2D eigenvalue weighted by Crippen LogP contribution is -2.41. The smallest absolute Gasteiger partial charge is 0.228 e. The summed E-state index contributed by atoms with van der Waals surface area (Å²) in [6.45, 7) is 3.03. The van der Waals surface area contributed by atoms with Crippen molar-refractivity contribution in [3.8, 4) is 0 Å². The van der Waals surface area contributed by atoms with Crippen molar-refractivity contribution in [2.45, 2.75) is 111 Å². The fraction of sp³-hybridized carbons (Fsp3) is 1.00. The van der Waals surface area contributed by atoms with Crippen molar-refractivity contribution < 1.29 is 52.3 Å². The monoisotopic (exact) mass is 566 g/mol. The van der Waals surface area contributed by atoms with Crippen LogP contribution in [0.4, 0.5) is 43.9 Å². The second kappa shape index (κ2) is 12.2. The molecule has 0 aromatic carbocycles. The predicted octanol–water partition coefficient (Wildman–Crippen LogP) is 7.91. The highest BCUT2D eigenvalue weighted by Crippen LogP contribution is 2.42. The van der Waals surface area contributed by atoms with Crippen LogP contribution < -0.4 is 0 Å². The summed E-state index contributed by atoms with van der Waals surface area (Å²) in [5, 5.41) is -6.79. The molecule has 0 aromatic heterocycles. The zero-order chi connectivity index (χ0) is 26.5. The quantitative estimate of drug-likeness (QED) is 0.158. The first-order valence-corrected chi connectivity index (χ1v) is 12.5. The van der Waals surface area contributed by atoms with E-state index in [-0.39, 0.29) is 25.7 Å². The van der Waals surface area contributed by atoms with Gasteiger partial charge in [0, 0.05) is 23.6 Å². The van der Waals surface area contributed by atoms with Crippen LogP contribution in [0.5, 0.6) is 0 Å². The van der Waals surface area contributed by atoms with Gasteiger partial charge in [0.1, 0.15) is 0 Å². The first kappa shape index (κ1) is 32.8. The van der Waals surface area contributed by atoms with Gasteiger partial charge in [-0.3, -0.25) is 0 Å². The SMILES string of the molecule is CCCC(CC(Cl)CC(F)(F)C(F)(F)F)S(=O)(=O)C(CCC)CC(Cl)CC(F)(F)C(F)(F)F. The largest absolute Gasteiger partial charge is 0.453 e. The predicted molar refractivity (Wildman–Crippen MR) is 106 cm³/mol. The molecule has 4 atom stereocenters. The minimum atomic E-state index is -5.89. The Morgan fingerprint density at radius 2 is 0.909 bits per heavy atom. The molecule has 2 nitrogen and oxygen atoms in total. The lowest BCUT2D eigenvalue weighted by Gasteiger charge is -2.29. The molecule has 0 bridgehead atoms. The molecule has 0 aromatic rings. The molecule has 0 aliphatic carbocycles. The highest BCUT2D eigenvalue weighted by molar-refractivity contribution is 7.92. The molecule has 0 rings (SSSR count). The Morgan fingerprint density at radius 3 is 1.12 bits per heavy atom. The summed E-state index contributed by atoms with van der Waals surface area (Å²) < 4.78 is 154. The van der Waals surface area contributed by atoms with Crippen molar-refractivity contribution in [2.24, 2.45) is 0 Å². The number of halogens is 12. The Hall–Kier alpha value is -0.170. The summed E-state index contributed by atoms with van der Waals surface area (Å²) in [4.78, 5) is 0. The highest BCUT2D eigenvalue weighted by atomic mass is 35.5. The van der Waals surface area contributed by atoms with Crippen LogP contribution in [-0.4, -0.2) is 53.9 Å². The third kappa shape index (κ3) is 9.77. The van der Waals surface area contributed by atoms with Gasteiger partial charge in [-0.1, -0.05) is 26.7 Å². The molecule has 0 heterocycles. The molecule has 0 N–H and O–H groups in total. The first-order chi connectivity index (χ1) is 14.6. The van der Waals surface area contributed by atoms with Gasteiger partial charge in [0.15, 0.2) is 9.84 Å². The number of hydrogen-bond donors (Lipinski definition) is 0. The molecule has 0 spiro atoms. The van der Waals surface area contributed by atoms with Crippen molar-refractivity contribution in [1.29, 1.82) is 0 Å². The molecule has 0 aliphatic heterocycles. The Morgan fingerprint density at radius 1 is 0.636 bits per heavy atom. The van der Waals surface area contributed by atoms with E-state index in [0.717, 1.165) is 0 Å². The molecule has 4 unspecified atom stereocenters. The van der Waals surface area contributed by atoms with Gasteiger partial charge in [0.05, 0.1) is 10.5 Å². The third-order valence-corrected chi connectivity index (χ3v) is 8.35. The third-order valence-electron chi connectivity index (χ3n) is 4.97. The molecular weight excluding hydrogens is 541 g/mol. The van der Waals surface area contributed by atoms with Crippen LogP contribution in [0.15, 0.2) is 0 Å². The van der Waals surface area contributed by atoms with E-state index in [9.17, 15) is 52.3 Å². The van der Waals surface area contributed by atoms with Crippen molar-refractivity contribution >= 4 is 33.0 Å². The Bertz CT molecular complexity index is 643. The van der Waals surface area contributed by atoms with Gasteiger partial charge in [0.25, 0.3) is 0 Å². The van der Waals surface area contributed by atoms with E-state index in [1.807, 2.05) is 0 Å². The van der Waals surface area contributed by atoms with Gasteiger partial charge in [0.2, 0.25) is 0 Å². The summed E-state index contributed by atoms with van der Waals surface area (Å²) in [5.41, 5.74) is 0. The van der Waals surface area contributed by atoms with Crippen molar-refractivity contribution in [3.05, 3.63) is 0 Å². The van der Waals surface area contributed by atoms with E-state index in [0.29, 0.717) is 0 Å². The minimum Gasteiger partial charge on any atom is -0.228 e. The molecule has 0 saturated carbocycles. The maximum atomic E-state index is 13.3. The fourth-order valence-electron chi connectivity index (χ4n) is 3.27. The van der Waals surface area contributed by atoms with Gasteiger partial charge in [-0.2, -0.15) is 43.9 Å². The van der Waals surface area contributed by atoms with Gasteiger partial charge in [-0.05, 0) is 25.7 Å². The van der Waals surface area contributed by atoms with Gasteiger partial charge < -0.3 is 0 Å². The van der Waals surface area contributed by atoms with Gasteiger partial charge in [-0.15, -0.1) is 23.2 Å². The molecule has 0 fully saturated rings. The normalized spacial score (nSPS) is 18.1. The molecular formula is C18H26Cl2F10O2S. The second-order valence-corrected chi connectivity index (χ2v) is 11.6. The Kier molecular flexibility index (Phi) is 12.1. The van der Waals surface area contributed by atoms with E-state index in [2.05, 4.69) is 0 Å². The van der Waals surface area contributed by atoms with E-state index >= 15 is 0 Å². The number of hydrogen-bond acceptors (Lipinski definition) is 2. The summed E-state index contributed by atoms with van der Waals surface area (Å²) >= 11 is 11.3. The zero-order valence-corrected chi connectivity index (χ0v) is 20.1. The van der Waals surface area contributed by atoms with Gasteiger partial charge >= 0.3 is 24.2 Å². The molecule has 200 valence electrons. The number of alkyl halides is 12. The second-order valence-electron chi connectivity index (χ2n) is 7.89. The summed E-state index contributed by atoms with van der Waals surface area (Å²) in [7, 11) is -4.38. The zero-order valence-electron chi connectivity index (χ0n) is 17.7. The van der Waals surface area contributed by atoms with Crippen LogP contribution in [0, 0.1) is 0 Å². The van der Waals surface area contributed by atoms with Crippen LogP contribution in [0.25, 0.3) is 0 Å². The fourth-order valence-corrected chi connectivity index (χ4v) is 6.98.